The molecule has 110 valence electrons. The lowest BCUT2D eigenvalue weighted by Crippen LogP contribution is -2.51. The largest absolute Gasteiger partial charge is 0.329 e. The first-order chi connectivity index (χ1) is 9.30. The molecule has 1 heterocycles. The highest BCUT2D eigenvalue weighted by Crippen LogP contribution is 2.36. The summed E-state index contributed by atoms with van der Waals surface area (Å²) in [5.41, 5.74) is 7.14. The highest BCUT2D eigenvalue weighted by molar-refractivity contribution is 6.30. The zero-order valence-electron chi connectivity index (χ0n) is 12.4. The predicted octanol–water partition coefficient (Wildman–Crippen LogP) is 3.52. The maximum Gasteiger partial charge on any atom is 0.223 e. The maximum atomic E-state index is 12.5. The first-order valence-electron chi connectivity index (χ1n) is 7.14. The number of halogens is 1. The van der Waals surface area contributed by atoms with Crippen molar-refractivity contribution < 1.29 is 4.79 Å². The summed E-state index contributed by atoms with van der Waals surface area (Å²) >= 11 is 6.11. The Hall–Kier alpha value is -1.06. The number of hydrogen-bond acceptors (Lipinski definition) is 2. The third-order valence-electron chi connectivity index (χ3n) is 3.79. The Labute approximate surface area is 126 Å². The topological polar surface area (TPSA) is 46.3 Å². The lowest BCUT2D eigenvalue weighted by Gasteiger charge is -2.43. The van der Waals surface area contributed by atoms with Gasteiger partial charge in [0.2, 0.25) is 5.91 Å². The molecule has 2 rings (SSSR count). The minimum Gasteiger partial charge on any atom is -0.329 e. The summed E-state index contributed by atoms with van der Waals surface area (Å²) in [5.74, 6) is 0.176. The third-order valence-corrected chi connectivity index (χ3v) is 4.03. The predicted molar refractivity (Wildman–Crippen MR) is 82.6 cm³/mol. The highest BCUT2D eigenvalue weighted by Gasteiger charge is 2.38. The number of carbonyl (C=O) groups excluding carboxylic acids is 1. The second-order valence-electron chi connectivity index (χ2n) is 6.49. The summed E-state index contributed by atoms with van der Waals surface area (Å²) in [6, 6.07) is 7.52. The summed E-state index contributed by atoms with van der Waals surface area (Å²) in [5, 5.41) is 0.681. The summed E-state index contributed by atoms with van der Waals surface area (Å²) in [6.07, 6.45) is 2.28. The molecule has 1 saturated heterocycles. The number of benzene rings is 1. The Morgan fingerprint density at radius 1 is 1.35 bits per heavy atom. The SMILES string of the molecule is CC(C)(C)N1C(=O)CCCC(N)C1c1cccc(Cl)c1. The Morgan fingerprint density at radius 2 is 2.05 bits per heavy atom. The van der Waals surface area contributed by atoms with Crippen molar-refractivity contribution in [1.29, 1.82) is 0 Å². The number of hydrogen-bond donors (Lipinski definition) is 1. The fraction of sp³-hybridized carbons (Fsp3) is 0.562. The Kier molecular flexibility index (Phi) is 4.40. The van der Waals surface area contributed by atoms with Gasteiger partial charge in [-0.2, -0.15) is 0 Å². The van der Waals surface area contributed by atoms with Crippen LogP contribution in [-0.4, -0.2) is 22.4 Å². The molecule has 0 aliphatic carbocycles. The van der Waals surface area contributed by atoms with Gasteiger partial charge < -0.3 is 10.6 Å². The van der Waals surface area contributed by atoms with Crippen molar-refractivity contribution in [2.75, 3.05) is 0 Å². The van der Waals surface area contributed by atoms with Crippen LogP contribution in [0.2, 0.25) is 5.02 Å². The van der Waals surface area contributed by atoms with Crippen molar-refractivity contribution in [1.82, 2.24) is 4.90 Å². The molecule has 0 radical (unpaired) electrons. The van der Waals surface area contributed by atoms with Crippen LogP contribution >= 0.6 is 11.6 Å². The van der Waals surface area contributed by atoms with E-state index in [1.807, 2.05) is 29.2 Å². The smallest absolute Gasteiger partial charge is 0.223 e. The average Bonchev–Trinajstić information content (AvgIpc) is 2.47. The molecule has 1 aromatic carbocycles. The van der Waals surface area contributed by atoms with Crippen molar-refractivity contribution >= 4 is 17.5 Å². The van der Waals surface area contributed by atoms with E-state index in [-0.39, 0.29) is 23.5 Å². The summed E-state index contributed by atoms with van der Waals surface area (Å²) < 4.78 is 0. The minimum absolute atomic E-state index is 0.0564. The molecule has 4 heteroatoms. The zero-order chi connectivity index (χ0) is 14.9. The minimum atomic E-state index is -0.258. The normalized spacial score (nSPS) is 24.6. The third kappa shape index (κ3) is 3.15. The number of carbonyl (C=O) groups is 1. The number of amides is 1. The Morgan fingerprint density at radius 3 is 2.65 bits per heavy atom. The Balaban J connectivity index is 2.49. The van der Waals surface area contributed by atoms with E-state index in [1.54, 1.807) is 0 Å². The van der Waals surface area contributed by atoms with Gasteiger partial charge >= 0.3 is 0 Å². The van der Waals surface area contributed by atoms with E-state index in [2.05, 4.69) is 20.8 Å². The van der Waals surface area contributed by atoms with Gasteiger partial charge in [-0.3, -0.25) is 4.79 Å². The highest BCUT2D eigenvalue weighted by atomic mass is 35.5. The second-order valence-corrected chi connectivity index (χ2v) is 6.93. The molecule has 0 bridgehead atoms. The van der Waals surface area contributed by atoms with Crippen LogP contribution in [0.25, 0.3) is 0 Å². The van der Waals surface area contributed by atoms with Crippen LogP contribution in [-0.2, 0) is 4.79 Å². The molecule has 0 spiro atoms. The van der Waals surface area contributed by atoms with E-state index in [9.17, 15) is 4.79 Å². The zero-order valence-corrected chi connectivity index (χ0v) is 13.2. The van der Waals surface area contributed by atoms with Crippen molar-refractivity contribution in [2.45, 2.75) is 57.7 Å². The molecule has 1 fully saturated rings. The van der Waals surface area contributed by atoms with Crippen LogP contribution in [0.15, 0.2) is 24.3 Å². The van der Waals surface area contributed by atoms with Gasteiger partial charge in [-0.25, -0.2) is 0 Å². The summed E-state index contributed by atoms with van der Waals surface area (Å²) in [4.78, 5) is 14.5. The molecular weight excluding hydrogens is 272 g/mol. The molecule has 20 heavy (non-hydrogen) atoms. The van der Waals surface area contributed by atoms with E-state index in [1.165, 1.54) is 0 Å². The molecule has 1 amide bonds. The van der Waals surface area contributed by atoms with Gasteiger partial charge in [0, 0.05) is 23.0 Å². The standard InChI is InChI=1S/C16H23ClN2O/c1-16(2,3)19-14(20)9-5-8-13(18)15(19)11-6-4-7-12(17)10-11/h4,6-7,10,13,15H,5,8-9,18H2,1-3H3. The monoisotopic (exact) mass is 294 g/mol. The molecule has 0 aromatic heterocycles. The molecule has 1 aliphatic heterocycles. The first kappa shape index (κ1) is 15.3. The van der Waals surface area contributed by atoms with Gasteiger partial charge in [-0.15, -0.1) is 0 Å². The van der Waals surface area contributed by atoms with Crippen molar-refractivity contribution in [3.05, 3.63) is 34.9 Å². The number of likely N-dealkylation sites (tertiary alicyclic amines) is 1. The molecule has 1 aliphatic rings. The molecule has 2 N–H and O–H groups in total. The maximum absolute atomic E-state index is 12.5. The van der Waals surface area contributed by atoms with Gasteiger partial charge in [-0.1, -0.05) is 23.7 Å². The number of nitrogens with zero attached hydrogens (tertiary/aromatic N) is 1. The van der Waals surface area contributed by atoms with Crippen LogP contribution in [0.4, 0.5) is 0 Å². The van der Waals surface area contributed by atoms with Crippen molar-refractivity contribution in [2.24, 2.45) is 5.73 Å². The lowest BCUT2D eigenvalue weighted by molar-refractivity contribution is -0.139. The molecule has 3 nitrogen and oxygen atoms in total. The van der Waals surface area contributed by atoms with Crippen LogP contribution in [0.5, 0.6) is 0 Å². The first-order valence-corrected chi connectivity index (χ1v) is 7.51. The van der Waals surface area contributed by atoms with Gasteiger partial charge in [0.1, 0.15) is 0 Å². The lowest BCUT2D eigenvalue weighted by atomic mass is 9.92. The Bertz CT molecular complexity index is 495. The van der Waals surface area contributed by atoms with Crippen molar-refractivity contribution in [3.63, 3.8) is 0 Å². The van der Waals surface area contributed by atoms with Gasteiger partial charge in [0.05, 0.1) is 6.04 Å². The van der Waals surface area contributed by atoms with Crippen LogP contribution in [0.3, 0.4) is 0 Å². The van der Waals surface area contributed by atoms with Gasteiger partial charge in [0.15, 0.2) is 0 Å². The second kappa shape index (κ2) is 5.74. The van der Waals surface area contributed by atoms with Crippen LogP contribution in [0.1, 0.15) is 51.6 Å². The molecule has 2 unspecified atom stereocenters. The van der Waals surface area contributed by atoms with E-state index < -0.39 is 0 Å². The molecule has 2 atom stereocenters. The van der Waals surface area contributed by atoms with E-state index in [4.69, 9.17) is 17.3 Å². The number of nitrogens with two attached hydrogens (primary N) is 1. The average molecular weight is 295 g/mol. The van der Waals surface area contributed by atoms with Crippen LogP contribution in [0, 0.1) is 0 Å². The fourth-order valence-electron chi connectivity index (χ4n) is 2.99. The van der Waals surface area contributed by atoms with E-state index >= 15 is 0 Å². The van der Waals surface area contributed by atoms with Gasteiger partial charge in [0.25, 0.3) is 0 Å². The quantitative estimate of drug-likeness (QED) is 0.861. The number of rotatable bonds is 1. The van der Waals surface area contributed by atoms with E-state index in [0.29, 0.717) is 11.4 Å². The summed E-state index contributed by atoms with van der Waals surface area (Å²) in [7, 11) is 0. The fourth-order valence-corrected chi connectivity index (χ4v) is 3.19. The van der Waals surface area contributed by atoms with Gasteiger partial charge in [-0.05, 0) is 51.3 Å². The molecule has 1 aromatic rings. The summed E-state index contributed by atoms with van der Waals surface area (Å²) in [6.45, 7) is 6.17. The van der Waals surface area contributed by atoms with Crippen LogP contribution < -0.4 is 5.73 Å². The molecule has 0 saturated carbocycles. The van der Waals surface area contributed by atoms with Crippen molar-refractivity contribution in [3.8, 4) is 0 Å². The van der Waals surface area contributed by atoms with E-state index in [0.717, 1.165) is 18.4 Å². The molecular formula is C16H23ClN2O.